The van der Waals surface area contributed by atoms with Crippen LogP contribution in [0, 0.1) is 11.5 Å². The van der Waals surface area contributed by atoms with Crippen LogP contribution in [0.5, 0.6) is 0 Å². The molecule has 19 heavy (non-hydrogen) atoms. The van der Waals surface area contributed by atoms with Crippen LogP contribution < -0.4 is 10.6 Å². The fourth-order valence-corrected chi connectivity index (χ4v) is 1.57. The van der Waals surface area contributed by atoms with Gasteiger partial charge in [-0.2, -0.15) is 5.26 Å². The number of amides is 2. The van der Waals surface area contributed by atoms with Gasteiger partial charge in [-0.25, -0.2) is 4.79 Å². The number of ether oxygens (including phenoxy) is 1. The summed E-state index contributed by atoms with van der Waals surface area (Å²) in [5, 5.41) is 13.9. The van der Waals surface area contributed by atoms with E-state index in [1.807, 2.05) is 24.3 Å². The van der Waals surface area contributed by atoms with Crippen LogP contribution in [0.25, 0.3) is 0 Å². The third-order valence-electron chi connectivity index (χ3n) is 2.56. The highest BCUT2D eigenvalue weighted by atomic mass is 16.5. The summed E-state index contributed by atoms with van der Waals surface area (Å²) in [6.45, 7) is 3.48. The van der Waals surface area contributed by atoms with Gasteiger partial charge in [0.1, 0.15) is 6.61 Å². The third-order valence-corrected chi connectivity index (χ3v) is 2.56. The maximum atomic E-state index is 11.5. The highest BCUT2D eigenvalue weighted by molar-refractivity contribution is 5.73. The van der Waals surface area contributed by atoms with E-state index < -0.39 is 0 Å². The van der Waals surface area contributed by atoms with Gasteiger partial charge >= 0.3 is 6.03 Å². The number of nitriles is 1. The average Bonchev–Trinajstić information content (AvgIpc) is 2.44. The monoisotopic (exact) mass is 261 g/mol. The van der Waals surface area contributed by atoms with Crippen molar-refractivity contribution in [3.63, 3.8) is 0 Å². The van der Waals surface area contributed by atoms with Gasteiger partial charge in [0.05, 0.1) is 0 Å². The van der Waals surface area contributed by atoms with Crippen LogP contribution in [0.1, 0.15) is 30.9 Å². The number of carbonyl (C=O) groups excluding carboxylic acids is 1. The SMILES string of the molecule is CCCCNC(=O)NCc1cccc(COC#N)c1. The van der Waals surface area contributed by atoms with Gasteiger partial charge < -0.3 is 15.4 Å². The van der Waals surface area contributed by atoms with E-state index in [-0.39, 0.29) is 12.6 Å². The number of rotatable bonds is 7. The van der Waals surface area contributed by atoms with Gasteiger partial charge in [0.15, 0.2) is 0 Å². The fourth-order valence-electron chi connectivity index (χ4n) is 1.57. The Morgan fingerprint density at radius 3 is 2.89 bits per heavy atom. The van der Waals surface area contributed by atoms with Crippen LogP contribution in [0.2, 0.25) is 0 Å². The summed E-state index contributed by atoms with van der Waals surface area (Å²) in [4.78, 5) is 11.5. The Morgan fingerprint density at radius 1 is 1.37 bits per heavy atom. The number of benzene rings is 1. The van der Waals surface area contributed by atoms with Gasteiger partial charge in [-0.15, -0.1) is 0 Å². The quantitative estimate of drug-likeness (QED) is 0.584. The predicted octanol–water partition coefficient (Wildman–Crippen LogP) is 2.28. The van der Waals surface area contributed by atoms with Crippen LogP contribution in [0.3, 0.4) is 0 Å². The highest BCUT2D eigenvalue weighted by Crippen LogP contribution is 2.06. The molecule has 0 aliphatic rings. The predicted molar refractivity (Wildman–Crippen MR) is 72.0 cm³/mol. The van der Waals surface area contributed by atoms with Gasteiger partial charge in [-0.3, -0.25) is 0 Å². The first-order valence-corrected chi connectivity index (χ1v) is 6.36. The van der Waals surface area contributed by atoms with E-state index >= 15 is 0 Å². The van der Waals surface area contributed by atoms with Crippen LogP contribution in [0.15, 0.2) is 24.3 Å². The minimum atomic E-state index is -0.160. The van der Waals surface area contributed by atoms with Crippen molar-refractivity contribution in [1.82, 2.24) is 10.6 Å². The molecule has 0 radical (unpaired) electrons. The summed E-state index contributed by atoms with van der Waals surface area (Å²) >= 11 is 0. The molecule has 5 nitrogen and oxygen atoms in total. The van der Waals surface area contributed by atoms with Crippen molar-refractivity contribution < 1.29 is 9.53 Å². The molecule has 1 aromatic carbocycles. The summed E-state index contributed by atoms with van der Waals surface area (Å²) in [5.74, 6) is 0. The molecule has 102 valence electrons. The molecule has 0 bridgehead atoms. The summed E-state index contributed by atoms with van der Waals surface area (Å²) in [6.07, 6.45) is 3.67. The lowest BCUT2D eigenvalue weighted by molar-refractivity contribution is 0.240. The Morgan fingerprint density at radius 2 is 2.16 bits per heavy atom. The number of nitrogens with one attached hydrogen (secondary N) is 2. The molecule has 0 atom stereocenters. The van der Waals surface area contributed by atoms with E-state index in [1.165, 1.54) is 0 Å². The number of hydrogen-bond donors (Lipinski definition) is 2. The van der Waals surface area contributed by atoms with E-state index in [9.17, 15) is 4.79 Å². The minimum Gasteiger partial charge on any atom is -0.423 e. The van der Waals surface area contributed by atoms with Crippen molar-refractivity contribution in [2.75, 3.05) is 6.54 Å². The normalized spacial score (nSPS) is 9.47. The maximum Gasteiger partial charge on any atom is 0.315 e. The van der Waals surface area contributed by atoms with Crippen molar-refractivity contribution in [2.45, 2.75) is 32.9 Å². The Hall–Kier alpha value is -2.22. The molecule has 0 unspecified atom stereocenters. The fraction of sp³-hybridized carbons (Fsp3) is 0.429. The van der Waals surface area contributed by atoms with Gasteiger partial charge in [0, 0.05) is 13.1 Å². The topological polar surface area (TPSA) is 74.2 Å². The van der Waals surface area contributed by atoms with Crippen molar-refractivity contribution >= 4 is 6.03 Å². The smallest absolute Gasteiger partial charge is 0.315 e. The molecule has 0 spiro atoms. The number of carbonyl (C=O) groups is 1. The first kappa shape index (κ1) is 14.8. The van der Waals surface area contributed by atoms with Gasteiger partial charge in [-0.1, -0.05) is 37.6 Å². The summed E-state index contributed by atoms with van der Waals surface area (Å²) in [5.41, 5.74) is 1.89. The highest BCUT2D eigenvalue weighted by Gasteiger charge is 2.00. The Labute approximate surface area is 113 Å². The molecule has 0 aliphatic heterocycles. The van der Waals surface area contributed by atoms with E-state index in [2.05, 4.69) is 22.3 Å². The second-order valence-electron chi connectivity index (χ2n) is 4.16. The van der Waals surface area contributed by atoms with Crippen molar-refractivity contribution in [3.05, 3.63) is 35.4 Å². The zero-order valence-electron chi connectivity index (χ0n) is 11.1. The largest absolute Gasteiger partial charge is 0.423 e. The zero-order chi connectivity index (χ0) is 13.9. The van der Waals surface area contributed by atoms with E-state index in [0.717, 1.165) is 24.0 Å². The Balaban J connectivity index is 2.36. The number of urea groups is 1. The van der Waals surface area contributed by atoms with Crippen molar-refractivity contribution in [3.8, 4) is 6.26 Å². The molecular formula is C14H19N3O2. The zero-order valence-corrected chi connectivity index (χ0v) is 11.1. The molecule has 0 saturated heterocycles. The van der Waals surface area contributed by atoms with E-state index in [4.69, 9.17) is 5.26 Å². The molecule has 2 N–H and O–H groups in total. The number of hydrogen-bond acceptors (Lipinski definition) is 3. The minimum absolute atomic E-state index is 0.160. The van der Waals surface area contributed by atoms with Gasteiger partial charge in [0.25, 0.3) is 6.26 Å². The Bertz CT molecular complexity index is 441. The number of unbranched alkanes of at least 4 members (excludes halogenated alkanes) is 1. The molecule has 0 saturated carbocycles. The van der Waals surface area contributed by atoms with Crippen molar-refractivity contribution in [1.29, 1.82) is 5.26 Å². The van der Waals surface area contributed by atoms with Gasteiger partial charge in [-0.05, 0) is 17.5 Å². The lowest BCUT2D eigenvalue weighted by atomic mass is 10.1. The first-order chi connectivity index (χ1) is 9.26. The molecule has 5 heteroatoms. The maximum absolute atomic E-state index is 11.5. The molecule has 2 amide bonds. The summed E-state index contributed by atoms with van der Waals surface area (Å²) in [7, 11) is 0. The van der Waals surface area contributed by atoms with E-state index in [1.54, 1.807) is 6.26 Å². The van der Waals surface area contributed by atoms with Crippen LogP contribution in [0.4, 0.5) is 4.79 Å². The standard InChI is InChI=1S/C14H19N3O2/c1-2-3-7-16-14(18)17-9-12-5-4-6-13(8-12)10-19-11-15/h4-6,8H,2-3,7,9-10H2,1H3,(H2,16,17,18). The second-order valence-corrected chi connectivity index (χ2v) is 4.16. The van der Waals surface area contributed by atoms with Crippen molar-refractivity contribution in [2.24, 2.45) is 0 Å². The molecular weight excluding hydrogens is 242 g/mol. The number of nitrogens with zero attached hydrogens (tertiary/aromatic N) is 1. The lowest BCUT2D eigenvalue weighted by Crippen LogP contribution is -2.35. The molecule has 1 aromatic rings. The molecule has 0 fully saturated rings. The Kier molecular flexibility index (Phi) is 6.88. The summed E-state index contributed by atoms with van der Waals surface area (Å²) < 4.78 is 4.67. The van der Waals surface area contributed by atoms with Gasteiger partial charge in [0.2, 0.25) is 0 Å². The molecule has 0 aliphatic carbocycles. The van der Waals surface area contributed by atoms with Crippen LogP contribution in [-0.4, -0.2) is 12.6 Å². The summed E-state index contributed by atoms with van der Waals surface area (Å²) in [6, 6.07) is 7.42. The first-order valence-electron chi connectivity index (χ1n) is 6.36. The molecule has 0 aromatic heterocycles. The van der Waals surface area contributed by atoms with E-state index in [0.29, 0.717) is 13.1 Å². The van der Waals surface area contributed by atoms with Crippen LogP contribution in [-0.2, 0) is 17.9 Å². The lowest BCUT2D eigenvalue weighted by Gasteiger charge is -2.08. The second kappa shape index (κ2) is 8.81. The average molecular weight is 261 g/mol. The molecule has 0 heterocycles. The third kappa shape index (κ3) is 6.32. The molecule has 1 rings (SSSR count). The van der Waals surface area contributed by atoms with Crippen LogP contribution >= 0.6 is 0 Å².